The van der Waals surface area contributed by atoms with Crippen molar-refractivity contribution in [3.63, 3.8) is 0 Å². The van der Waals surface area contributed by atoms with Crippen molar-refractivity contribution in [1.82, 2.24) is 0 Å². The number of carbonyl (C=O) groups excluding carboxylic acids is 1. The van der Waals surface area contributed by atoms with E-state index in [0.717, 1.165) is 43.2 Å². The van der Waals surface area contributed by atoms with Crippen LogP contribution in [-0.2, 0) is 4.79 Å². The number of hydrogen-bond acceptors (Lipinski definition) is 3. The lowest BCUT2D eigenvalue weighted by Crippen LogP contribution is -3.16. The molecule has 160 valence electrons. The Morgan fingerprint density at radius 1 is 0.968 bits per heavy atom. The lowest BCUT2D eigenvalue weighted by Gasteiger charge is -2.37. The van der Waals surface area contributed by atoms with Gasteiger partial charge in [-0.3, -0.25) is 4.79 Å². The average molecular weight is 421 g/mol. The van der Waals surface area contributed by atoms with E-state index in [9.17, 15) is 9.18 Å². The highest BCUT2D eigenvalue weighted by atomic mass is 19.1. The maximum Gasteiger partial charge on any atom is 0.287 e. The Hall–Kier alpha value is -3.38. The van der Waals surface area contributed by atoms with Crippen molar-refractivity contribution in [2.24, 2.45) is 0 Å². The van der Waals surface area contributed by atoms with Crippen molar-refractivity contribution in [1.29, 1.82) is 0 Å². The molecule has 1 amide bonds. The topological polar surface area (TPSA) is 46.0 Å². The summed E-state index contributed by atoms with van der Waals surface area (Å²) in [6.07, 6.45) is 0. The van der Waals surface area contributed by atoms with Crippen molar-refractivity contribution in [2.45, 2.75) is 6.04 Å². The van der Waals surface area contributed by atoms with Crippen molar-refractivity contribution >= 4 is 17.3 Å². The van der Waals surface area contributed by atoms with Gasteiger partial charge in [0.15, 0.2) is 6.04 Å². The summed E-state index contributed by atoms with van der Waals surface area (Å²) in [5.41, 5.74) is 2.65. The number of methoxy groups -OCH3 is 1. The van der Waals surface area contributed by atoms with E-state index in [4.69, 9.17) is 4.74 Å². The van der Waals surface area contributed by atoms with Crippen LogP contribution < -0.4 is 19.9 Å². The second-order valence-corrected chi connectivity index (χ2v) is 7.66. The van der Waals surface area contributed by atoms with Gasteiger partial charge in [-0.2, -0.15) is 0 Å². The smallest absolute Gasteiger partial charge is 0.287 e. The largest absolute Gasteiger partial charge is 0.495 e. The summed E-state index contributed by atoms with van der Waals surface area (Å²) < 4.78 is 18.8. The third-order valence-corrected chi connectivity index (χ3v) is 5.75. The average Bonchev–Trinajstić information content (AvgIpc) is 2.82. The number of carbonyl (C=O) groups is 1. The molecular formula is C25H27FN3O2+. The molecule has 0 radical (unpaired) electrons. The van der Waals surface area contributed by atoms with E-state index in [-0.39, 0.29) is 17.8 Å². The molecule has 0 aliphatic carbocycles. The first kappa shape index (κ1) is 20.9. The molecule has 0 aromatic heterocycles. The van der Waals surface area contributed by atoms with Crippen molar-refractivity contribution < 1.29 is 18.8 Å². The Balaban J connectivity index is 1.51. The monoisotopic (exact) mass is 420 g/mol. The minimum absolute atomic E-state index is 0.0847. The number of rotatable bonds is 6. The normalized spacial score (nSPS) is 15.4. The van der Waals surface area contributed by atoms with Gasteiger partial charge in [-0.15, -0.1) is 0 Å². The molecule has 0 spiro atoms. The van der Waals surface area contributed by atoms with E-state index in [1.165, 1.54) is 17.0 Å². The van der Waals surface area contributed by atoms with Gasteiger partial charge in [-0.05, 0) is 36.4 Å². The van der Waals surface area contributed by atoms with E-state index in [0.29, 0.717) is 5.69 Å². The molecule has 31 heavy (non-hydrogen) atoms. The molecule has 0 saturated carbocycles. The minimum Gasteiger partial charge on any atom is -0.495 e. The Bertz CT molecular complexity index is 1000. The van der Waals surface area contributed by atoms with Crippen LogP contribution >= 0.6 is 0 Å². The SMILES string of the molecule is COc1ccccc1N1CC[NH+]([C@@H](C(=O)Nc2ccc(F)cc2)c2ccccc2)CC1. The van der Waals surface area contributed by atoms with Gasteiger partial charge in [-0.25, -0.2) is 4.39 Å². The predicted octanol–water partition coefficient (Wildman–Crippen LogP) is 2.92. The molecule has 2 N–H and O–H groups in total. The van der Waals surface area contributed by atoms with Crippen LogP contribution in [0.5, 0.6) is 5.75 Å². The van der Waals surface area contributed by atoms with E-state index in [2.05, 4.69) is 16.3 Å². The number of benzene rings is 3. The Morgan fingerprint density at radius 3 is 2.29 bits per heavy atom. The van der Waals surface area contributed by atoms with Crippen LogP contribution in [0.1, 0.15) is 11.6 Å². The van der Waals surface area contributed by atoms with Crippen LogP contribution in [0.2, 0.25) is 0 Å². The highest BCUT2D eigenvalue weighted by Gasteiger charge is 2.34. The number of nitrogens with one attached hydrogen (secondary N) is 2. The predicted molar refractivity (Wildman–Crippen MR) is 120 cm³/mol. The zero-order valence-electron chi connectivity index (χ0n) is 17.6. The lowest BCUT2D eigenvalue weighted by molar-refractivity contribution is -0.922. The van der Waals surface area contributed by atoms with E-state index in [1.807, 2.05) is 48.5 Å². The molecule has 3 aromatic rings. The number of para-hydroxylation sites is 2. The van der Waals surface area contributed by atoms with Gasteiger partial charge < -0.3 is 19.9 Å². The molecule has 4 rings (SSSR count). The summed E-state index contributed by atoms with van der Waals surface area (Å²) in [5.74, 6) is 0.453. The van der Waals surface area contributed by atoms with E-state index < -0.39 is 0 Å². The fourth-order valence-corrected chi connectivity index (χ4v) is 4.18. The Morgan fingerprint density at radius 2 is 1.61 bits per heavy atom. The van der Waals surface area contributed by atoms with Gasteiger partial charge in [-0.1, -0.05) is 42.5 Å². The third kappa shape index (κ3) is 4.86. The number of quaternary nitrogens is 1. The first-order valence-electron chi connectivity index (χ1n) is 10.5. The Labute approximate surface area is 182 Å². The van der Waals surface area contributed by atoms with Crippen LogP contribution in [0.25, 0.3) is 0 Å². The molecule has 6 heteroatoms. The second-order valence-electron chi connectivity index (χ2n) is 7.66. The Kier molecular flexibility index (Phi) is 6.48. The van der Waals surface area contributed by atoms with Gasteiger partial charge in [0.2, 0.25) is 0 Å². The first-order valence-corrected chi connectivity index (χ1v) is 10.5. The molecular weight excluding hydrogens is 393 g/mol. The van der Waals surface area contributed by atoms with Gasteiger partial charge in [0.05, 0.1) is 39.0 Å². The van der Waals surface area contributed by atoms with Crippen LogP contribution in [-0.4, -0.2) is 39.2 Å². The molecule has 0 unspecified atom stereocenters. The number of ether oxygens (including phenoxy) is 1. The summed E-state index contributed by atoms with van der Waals surface area (Å²) in [6.45, 7) is 3.27. The first-order chi connectivity index (χ1) is 15.2. The number of anilines is 2. The number of piperazine rings is 1. The van der Waals surface area contributed by atoms with E-state index >= 15 is 0 Å². The zero-order valence-corrected chi connectivity index (χ0v) is 17.6. The summed E-state index contributed by atoms with van der Waals surface area (Å²) in [4.78, 5) is 16.8. The zero-order chi connectivity index (χ0) is 21.6. The molecule has 0 bridgehead atoms. The van der Waals surface area contributed by atoms with Gasteiger partial charge in [0.25, 0.3) is 5.91 Å². The third-order valence-electron chi connectivity index (χ3n) is 5.75. The molecule has 1 fully saturated rings. The number of amides is 1. The van der Waals surface area contributed by atoms with E-state index in [1.54, 1.807) is 19.2 Å². The molecule has 3 aromatic carbocycles. The highest BCUT2D eigenvalue weighted by Crippen LogP contribution is 2.27. The van der Waals surface area contributed by atoms with Gasteiger partial charge in [0.1, 0.15) is 11.6 Å². The standard InChI is InChI=1S/C25H26FN3O2/c1-31-23-10-6-5-9-22(23)28-15-17-29(18-16-28)24(19-7-3-2-4-8-19)25(30)27-21-13-11-20(26)12-14-21/h2-14,24H,15-18H2,1H3,(H,27,30)/p+1/t24-/m1/s1. The van der Waals surface area contributed by atoms with Crippen molar-refractivity contribution in [3.05, 3.63) is 90.2 Å². The molecule has 1 aliphatic heterocycles. The number of hydrogen-bond donors (Lipinski definition) is 2. The van der Waals surface area contributed by atoms with Crippen molar-refractivity contribution in [3.8, 4) is 5.75 Å². The van der Waals surface area contributed by atoms with Gasteiger partial charge in [0, 0.05) is 11.3 Å². The maximum atomic E-state index is 13.3. The summed E-state index contributed by atoms with van der Waals surface area (Å²) in [6, 6.07) is 23.4. The molecule has 1 aliphatic rings. The fraction of sp³-hybridized carbons (Fsp3) is 0.240. The summed E-state index contributed by atoms with van der Waals surface area (Å²) >= 11 is 0. The van der Waals surface area contributed by atoms with Gasteiger partial charge >= 0.3 is 0 Å². The number of nitrogens with zero attached hydrogens (tertiary/aromatic N) is 1. The molecule has 1 heterocycles. The minimum atomic E-state index is -0.342. The second kappa shape index (κ2) is 9.62. The summed E-state index contributed by atoms with van der Waals surface area (Å²) in [7, 11) is 1.69. The molecule has 1 atom stereocenters. The maximum absolute atomic E-state index is 13.3. The van der Waals surface area contributed by atoms with Crippen LogP contribution in [0.3, 0.4) is 0 Å². The fourth-order valence-electron chi connectivity index (χ4n) is 4.18. The van der Waals surface area contributed by atoms with Crippen LogP contribution in [0.4, 0.5) is 15.8 Å². The molecule has 5 nitrogen and oxygen atoms in total. The molecule has 1 saturated heterocycles. The van der Waals surface area contributed by atoms with Crippen molar-refractivity contribution in [2.75, 3.05) is 43.5 Å². The van der Waals surface area contributed by atoms with Crippen LogP contribution in [0, 0.1) is 5.82 Å². The summed E-state index contributed by atoms with van der Waals surface area (Å²) in [5, 5.41) is 2.97. The lowest BCUT2D eigenvalue weighted by atomic mass is 10.0. The number of halogens is 1. The highest BCUT2D eigenvalue weighted by molar-refractivity contribution is 5.94. The quantitative estimate of drug-likeness (QED) is 0.645. The van der Waals surface area contributed by atoms with Crippen LogP contribution in [0.15, 0.2) is 78.9 Å².